The lowest BCUT2D eigenvalue weighted by Crippen LogP contribution is -2.52. The van der Waals surface area contributed by atoms with E-state index in [0.29, 0.717) is 23.9 Å². The fraction of sp³-hybridized carbons (Fsp3) is 0.208. The van der Waals surface area contributed by atoms with Crippen molar-refractivity contribution in [2.75, 3.05) is 18.5 Å². The molecule has 7 nitrogen and oxygen atoms in total. The zero-order valence-electron chi connectivity index (χ0n) is 17.4. The van der Waals surface area contributed by atoms with Gasteiger partial charge in [-0.15, -0.1) is 0 Å². The molecule has 2 atom stereocenters. The van der Waals surface area contributed by atoms with Crippen LogP contribution in [0.2, 0.25) is 0 Å². The van der Waals surface area contributed by atoms with Crippen molar-refractivity contribution in [3.05, 3.63) is 95.3 Å². The predicted molar refractivity (Wildman–Crippen MR) is 115 cm³/mol. The summed E-state index contributed by atoms with van der Waals surface area (Å²) in [6.45, 7) is -0.119. The zero-order valence-corrected chi connectivity index (χ0v) is 17.4. The first-order valence-corrected chi connectivity index (χ1v) is 10.2. The van der Waals surface area contributed by atoms with Gasteiger partial charge in [-0.3, -0.25) is 14.6 Å². The number of aliphatic hydroxyl groups excluding tert-OH is 1. The Morgan fingerprint density at radius 3 is 2.39 bits per heavy atom. The summed E-state index contributed by atoms with van der Waals surface area (Å²) >= 11 is 0. The van der Waals surface area contributed by atoms with E-state index in [-0.39, 0.29) is 24.7 Å². The molecule has 1 aliphatic heterocycles. The van der Waals surface area contributed by atoms with Gasteiger partial charge in [-0.1, -0.05) is 12.1 Å². The maximum Gasteiger partial charge on any atom is 0.255 e. The Bertz CT molecular complexity index is 1120. The molecule has 2 unspecified atom stereocenters. The molecule has 170 valence electrons. The second-order valence-electron chi connectivity index (χ2n) is 7.59. The number of amides is 2. The van der Waals surface area contributed by atoms with Crippen LogP contribution in [0, 0.1) is 11.6 Å². The molecule has 0 radical (unpaired) electrons. The third-order valence-corrected chi connectivity index (χ3v) is 5.37. The molecule has 3 aromatic rings. The van der Waals surface area contributed by atoms with Crippen molar-refractivity contribution in [2.24, 2.45) is 0 Å². The highest BCUT2D eigenvalue weighted by molar-refractivity contribution is 6.04. The number of aromatic nitrogens is 1. The molecule has 2 heterocycles. The van der Waals surface area contributed by atoms with Gasteiger partial charge in [0.25, 0.3) is 5.91 Å². The minimum Gasteiger partial charge on any atom is -0.394 e. The van der Waals surface area contributed by atoms with E-state index in [9.17, 15) is 23.5 Å². The minimum absolute atomic E-state index is 0.129. The van der Waals surface area contributed by atoms with E-state index in [4.69, 9.17) is 4.74 Å². The van der Waals surface area contributed by atoms with E-state index >= 15 is 0 Å². The lowest BCUT2D eigenvalue weighted by Gasteiger charge is -2.40. The standard InChI is InChI=1S/C24H21F2N3O4/c25-18-9-17(10-19(26)11-18)24(32)28-20-3-1-16(2-4-20)23-21(13-30)29(22(31)14-33-23)12-15-5-7-27-8-6-15/h1-11,21,23,30H,12-14H2,(H,28,32). The molecule has 0 aliphatic carbocycles. The van der Waals surface area contributed by atoms with Gasteiger partial charge in [0.05, 0.1) is 12.6 Å². The van der Waals surface area contributed by atoms with Crippen molar-refractivity contribution >= 4 is 17.5 Å². The average molecular weight is 453 g/mol. The highest BCUT2D eigenvalue weighted by Crippen LogP contribution is 2.31. The van der Waals surface area contributed by atoms with E-state index < -0.39 is 29.7 Å². The van der Waals surface area contributed by atoms with Gasteiger partial charge >= 0.3 is 0 Å². The Morgan fingerprint density at radius 1 is 1.09 bits per heavy atom. The summed E-state index contributed by atoms with van der Waals surface area (Å²) in [5, 5.41) is 12.6. The molecule has 0 bridgehead atoms. The number of hydrogen-bond donors (Lipinski definition) is 2. The van der Waals surface area contributed by atoms with Crippen LogP contribution in [-0.2, 0) is 16.1 Å². The number of morpholine rings is 1. The van der Waals surface area contributed by atoms with Crippen LogP contribution >= 0.6 is 0 Å². The van der Waals surface area contributed by atoms with E-state index in [0.717, 1.165) is 17.7 Å². The van der Waals surface area contributed by atoms with E-state index in [1.165, 1.54) is 0 Å². The lowest BCUT2D eigenvalue weighted by atomic mass is 9.98. The largest absolute Gasteiger partial charge is 0.394 e. The number of nitrogens with one attached hydrogen (secondary N) is 1. The summed E-state index contributed by atoms with van der Waals surface area (Å²) in [6, 6.07) is 12.2. The van der Waals surface area contributed by atoms with E-state index in [1.807, 2.05) is 0 Å². The van der Waals surface area contributed by atoms with Crippen LogP contribution in [0.5, 0.6) is 0 Å². The van der Waals surface area contributed by atoms with Crippen molar-refractivity contribution < 1.29 is 28.2 Å². The number of nitrogens with zero attached hydrogens (tertiary/aromatic N) is 2. The summed E-state index contributed by atoms with van der Waals surface area (Å²) in [6.07, 6.45) is 2.70. The molecule has 1 aromatic heterocycles. The smallest absolute Gasteiger partial charge is 0.255 e. The topological polar surface area (TPSA) is 91.8 Å². The monoisotopic (exact) mass is 453 g/mol. The van der Waals surface area contributed by atoms with Crippen molar-refractivity contribution in [3.63, 3.8) is 0 Å². The maximum atomic E-state index is 13.4. The van der Waals surface area contributed by atoms with Crippen LogP contribution in [0.4, 0.5) is 14.5 Å². The molecule has 2 N–H and O–H groups in total. The van der Waals surface area contributed by atoms with Gasteiger partial charge in [0.2, 0.25) is 5.91 Å². The van der Waals surface area contributed by atoms with Crippen molar-refractivity contribution in [3.8, 4) is 0 Å². The zero-order chi connectivity index (χ0) is 23.4. The molecular formula is C24H21F2N3O4. The van der Waals surface area contributed by atoms with Crippen LogP contribution in [0.1, 0.15) is 27.6 Å². The molecule has 4 rings (SSSR count). The number of halogens is 2. The first-order chi connectivity index (χ1) is 15.9. The molecule has 9 heteroatoms. The Labute approximate surface area is 188 Å². The van der Waals surface area contributed by atoms with Gasteiger partial charge in [-0.2, -0.15) is 0 Å². The van der Waals surface area contributed by atoms with Gasteiger partial charge < -0.3 is 20.1 Å². The highest BCUT2D eigenvalue weighted by atomic mass is 19.1. The summed E-state index contributed by atoms with van der Waals surface area (Å²) in [7, 11) is 0. The third-order valence-electron chi connectivity index (χ3n) is 5.37. The molecule has 1 aliphatic rings. The number of ether oxygens (including phenoxy) is 1. The number of hydrogen-bond acceptors (Lipinski definition) is 5. The number of pyridine rings is 1. The third kappa shape index (κ3) is 5.21. The molecule has 0 spiro atoms. The summed E-state index contributed by atoms with van der Waals surface area (Å²) in [4.78, 5) is 30.3. The Morgan fingerprint density at radius 2 is 1.76 bits per heavy atom. The Kier molecular flexibility index (Phi) is 6.71. The molecule has 33 heavy (non-hydrogen) atoms. The number of anilines is 1. The van der Waals surface area contributed by atoms with Gasteiger partial charge in [0.15, 0.2) is 0 Å². The van der Waals surface area contributed by atoms with Gasteiger partial charge in [0.1, 0.15) is 24.3 Å². The predicted octanol–water partition coefficient (Wildman–Crippen LogP) is 3.07. The molecule has 2 amide bonds. The SMILES string of the molecule is O=C(Nc1ccc(C2OCC(=O)N(Cc3ccncc3)C2CO)cc1)c1cc(F)cc(F)c1. The van der Waals surface area contributed by atoms with Crippen LogP contribution < -0.4 is 5.32 Å². The van der Waals surface area contributed by atoms with Gasteiger partial charge in [0, 0.05) is 36.3 Å². The van der Waals surface area contributed by atoms with Crippen molar-refractivity contribution in [1.82, 2.24) is 9.88 Å². The van der Waals surface area contributed by atoms with Crippen molar-refractivity contribution in [2.45, 2.75) is 18.7 Å². The van der Waals surface area contributed by atoms with Crippen LogP contribution in [0.15, 0.2) is 67.0 Å². The van der Waals surface area contributed by atoms with Gasteiger partial charge in [-0.25, -0.2) is 8.78 Å². The molecular weight excluding hydrogens is 432 g/mol. The summed E-state index contributed by atoms with van der Waals surface area (Å²) < 4.78 is 32.5. The number of rotatable bonds is 6. The highest BCUT2D eigenvalue weighted by Gasteiger charge is 2.37. The van der Waals surface area contributed by atoms with E-state index in [1.54, 1.807) is 53.7 Å². The van der Waals surface area contributed by atoms with Crippen LogP contribution in [0.3, 0.4) is 0 Å². The molecule has 1 saturated heterocycles. The second kappa shape index (κ2) is 9.85. The Hall–Kier alpha value is -3.69. The summed E-state index contributed by atoms with van der Waals surface area (Å²) in [5.41, 5.74) is 1.85. The molecule has 2 aromatic carbocycles. The molecule has 1 fully saturated rings. The number of carbonyl (C=O) groups excluding carboxylic acids is 2. The van der Waals surface area contributed by atoms with Crippen LogP contribution in [0.25, 0.3) is 0 Å². The average Bonchev–Trinajstić information content (AvgIpc) is 2.81. The van der Waals surface area contributed by atoms with Gasteiger partial charge in [-0.05, 0) is 47.5 Å². The second-order valence-corrected chi connectivity index (χ2v) is 7.59. The first kappa shape index (κ1) is 22.5. The number of benzene rings is 2. The normalized spacial score (nSPS) is 18.3. The van der Waals surface area contributed by atoms with Crippen LogP contribution in [-0.4, -0.2) is 46.1 Å². The Balaban J connectivity index is 1.49. The first-order valence-electron chi connectivity index (χ1n) is 10.2. The lowest BCUT2D eigenvalue weighted by molar-refractivity contribution is -0.162. The fourth-order valence-corrected chi connectivity index (χ4v) is 3.75. The minimum atomic E-state index is -0.842. The number of aliphatic hydroxyl groups is 1. The number of carbonyl (C=O) groups is 2. The van der Waals surface area contributed by atoms with Crippen molar-refractivity contribution in [1.29, 1.82) is 0 Å². The molecule has 0 saturated carbocycles. The maximum absolute atomic E-state index is 13.4. The quantitative estimate of drug-likeness (QED) is 0.599. The fourth-order valence-electron chi connectivity index (χ4n) is 3.75. The van der Waals surface area contributed by atoms with E-state index in [2.05, 4.69) is 10.3 Å². The summed E-state index contributed by atoms with van der Waals surface area (Å²) in [5.74, 6) is -2.57.